The number of nitrogens with zero attached hydrogens (tertiary/aromatic N) is 1. The van der Waals surface area contributed by atoms with E-state index in [1.807, 2.05) is 13.0 Å². The molecule has 0 aliphatic heterocycles. The number of hydrogen-bond donors (Lipinski definition) is 2. The Hall–Kier alpha value is -1.13. The van der Waals surface area contributed by atoms with Gasteiger partial charge in [-0.2, -0.15) is 0 Å². The molecule has 0 fully saturated rings. The third-order valence-electron chi connectivity index (χ3n) is 2.00. The van der Waals surface area contributed by atoms with Crippen molar-refractivity contribution < 1.29 is 9.84 Å². The second-order valence-electron chi connectivity index (χ2n) is 3.13. The van der Waals surface area contributed by atoms with Gasteiger partial charge in [0, 0.05) is 5.69 Å². The van der Waals surface area contributed by atoms with Gasteiger partial charge in [0.15, 0.2) is 0 Å². The molecule has 0 bridgehead atoms. The highest BCUT2D eigenvalue weighted by Gasteiger charge is 2.14. The monoisotopic (exact) mass is 196 g/mol. The molecule has 0 aromatic carbocycles. The highest BCUT2D eigenvalue weighted by molar-refractivity contribution is 5.30. The average Bonchev–Trinajstić information content (AvgIpc) is 2.18. The Morgan fingerprint density at radius 1 is 1.57 bits per heavy atom. The minimum atomic E-state index is -0.644. The first kappa shape index (κ1) is 10.9. The molecule has 78 valence electrons. The molecule has 1 atom stereocenters. The molecule has 1 unspecified atom stereocenters. The molecule has 1 aromatic heterocycles. The maximum Gasteiger partial charge on any atom is 0.143 e. The first-order valence-corrected chi connectivity index (χ1v) is 4.58. The Bertz CT molecular complexity index is 302. The van der Waals surface area contributed by atoms with E-state index in [1.54, 1.807) is 13.2 Å². The zero-order valence-electron chi connectivity index (χ0n) is 8.53. The summed E-state index contributed by atoms with van der Waals surface area (Å²) in [5.74, 6) is 0.608. The molecule has 0 amide bonds. The minimum Gasteiger partial charge on any atom is -0.495 e. The summed E-state index contributed by atoms with van der Waals surface area (Å²) in [6.07, 6.45) is -0.151. The summed E-state index contributed by atoms with van der Waals surface area (Å²) in [5, 5.41) is 9.73. The molecule has 0 saturated heterocycles. The van der Waals surface area contributed by atoms with Crippen LogP contribution in [0.25, 0.3) is 0 Å². The van der Waals surface area contributed by atoms with Crippen molar-refractivity contribution in [3.63, 3.8) is 0 Å². The van der Waals surface area contributed by atoms with Crippen molar-refractivity contribution in [2.24, 2.45) is 5.73 Å². The van der Waals surface area contributed by atoms with E-state index >= 15 is 0 Å². The highest BCUT2D eigenvalue weighted by atomic mass is 16.5. The lowest BCUT2D eigenvalue weighted by molar-refractivity contribution is 0.161. The van der Waals surface area contributed by atoms with Crippen LogP contribution in [0.5, 0.6) is 5.75 Å². The predicted molar refractivity (Wildman–Crippen MR) is 54.2 cm³/mol. The van der Waals surface area contributed by atoms with Gasteiger partial charge in [0.25, 0.3) is 0 Å². The zero-order chi connectivity index (χ0) is 10.6. The molecular weight excluding hydrogens is 180 g/mol. The lowest BCUT2D eigenvalue weighted by Gasteiger charge is -2.13. The van der Waals surface area contributed by atoms with Crippen LogP contribution in [0.4, 0.5) is 0 Å². The number of hydrogen-bond acceptors (Lipinski definition) is 4. The molecular formula is C10H16N2O2. The Morgan fingerprint density at radius 2 is 2.29 bits per heavy atom. The molecule has 4 nitrogen and oxygen atoms in total. The maximum absolute atomic E-state index is 9.73. The fourth-order valence-corrected chi connectivity index (χ4v) is 1.27. The van der Waals surface area contributed by atoms with Crippen molar-refractivity contribution in [1.82, 2.24) is 4.98 Å². The van der Waals surface area contributed by atoms with Gasteiger partial charge in [0.2, 0.25) is 0 Å². The Kier molecular flexibility index (Phi) is 3.85. The molecule has 0 aliphatic rings. The van der Waals surface area contributed by atoms with Gasteiger partial charge >= 0.3 is 0 Å². The smallest absolute Gasteiger partial charge is 0.143 e. The summed E-state index contributed by atoms with van der Waals surface area (Å²) in [6.45, 7) is 2.30. The average molecular weight is 196 g/mol. The minimum absolute atomic E-state index is 0.430. The number of ether oxygens (including phenoxy) is 1. The topological polar surface area (TPSA) is 68.4 Å². The highest BCUT2D eigenvalue weighted by Crippen LogP contribution is 2.24. The first-order valence-electron chi connectivity index (χ1n) is 4.58. The number of aromatic nitrogens is 1. The third kappa shape index (κ3) is 2.43. The Labute approximate surface area is 83.7 Å². The van der Waals surface area contributed by atoms with E-state index in [0.717, 1.165) is 5.69 Å². The molecule has 0 saturated carbocycles. The predicted octanol–water partition coefficient (Wildman–Crippen LogP) is 0.781. The fraction of sp³-hybridized carbons (Fsp3) is 0.500. The standard InChI is InChI=1S/C10H16N2O2/c1-7-3-4-9(14-2)10(12-7)8(13)5-6-11/h3-4,8,13H,5-6,11H2,1-2H3. The molecule has 1 rings (SSSR count). The van der Waals surface area contributed by atoms with E-state index in [0.29, 0.717) is 24.4 Å². The SMILES string of the molecule is COc1ccc(C)nc1C(O)CCN. The maximum atomic E-state index is 9.73. The normalized spacial score (nSPS) is 12.6. The Morgan fingerprint density at radius 3 is 2.86 bits per heavy atom. The van der Waals surface area contributed by atoms with Crippen molar-refractivity contribution in [2.75, 3.05) is 13.7 Å². The number of aliphatic hydroxyl groups is 1. The summed E-state index contributed by atoms with van der Waals surface area (Å²) in [7, 11) is 1.56. The van der Waals surface area contributed by atoms with Gasteiger partial charge in [0.05, 0.1) is 7.11 Å². The number of rotatable bonds is 4. The molecule has 3 N–H and O–H groups in total. The van der Waals surface area contributed by atoms with Gasteiger partial charge in [-0.25, -0.2) is 0 Å². The van der Waals surface area contributed by atoms with E-state index in [1.165, 1.54) is 0 Å². The third-order valence-corrected chi connectivity index (χ3v) is 2.00. The van der Waals surface area contributed by atoms with Crippen LogP contribution in [-0.2, 0) is 0 Å². The Balaban J connectivity index is 2.97. The van der Waals surface area contributed by atoms with E-state index in [9.17, 15) is 5.11 Å². The van der Waals surface area contributed by atoms with Crippen LogP contribution >= 0.6 is 0 Å². The number of aliphatic hydroxyl groups excluding tert-OH is 1. The van der Waals surface area contributed by atoms with Crippen LogP contribution < -0.4 is 10.5 Å². The lowest BCUT2D eigenvalue weighted by Crippen LogP contribution is -2.10. The van der Waals surface area contributed by atoms with Crippen molar-refractivity contribution in [1.29, 1.82) is 0 Å². The fourth-order valence-electron chi connectivity index (χ4n) is 1.27. The van der Waals surface area contributed by atoms with Crippen molar-refractivity contribution in [3.8, 4) is 5.75 Å². The van der Waals surface area contributed by atoms with Gasteiger partial charge in [-0.3, -0.25) is 4.98 Å². The molecule has 1 heterocycles. The quantitative estimate of drug-likeness (QED) is 0.746. The van der Waals surface area contributed by atoms with Crippen molar-refractivity contribution in [3.05, 3.63) is 23.5 Å². The number of aryl methyl sites for hydroxylation is 1. The summed E-state index contributed by atoms with van der Waals surface area (Å²) in [6, 6.07) is 3.65. The summed E-state index contributed by atoms with van der Waals surface area (Å²) in [5.41, 5.74) is 6.79. The molecule has 0 aliphatic carbocycles. The van der Waals surface area contributed by atoms with Crippen LogP contribution in [0.15, 0.2) is 12.1 Å². The van der Waals surface area contributed by atoms with Gasteiger partial charge < -0.3 is 15.6 Å². The zero-order valence-corrected chi connectivity index (χ0v) is 8.53. The van der Waals surface area contributed by atoms with Crippen LogP contribution in [-0.4, -0.2) is 23.7 Å². The van der Waals surface area contributed by atoms with Crippen LogP contribution in [0.3, 0.4) is 0 Å². The molecule has 14 heavy (non-hydrogen) atoms. The van der Waals surface area contributed by atoms with E-state index in [-0.39, 0.29) is 0 Å². The number of methoxy groups -OCH3 is 1. The summed E-state index contributed by atoms with van der Waals surface area (Å²) < 4.78 is 5.10. The number of nitrogens with two attached hydrogens (primary N) is 1. The van der Waals surface area contributed by atoms with Gasteiger partial charge in [-0.05, 0) is 32.0 Å². The van der Waals surface area contributed by atoms with Gasteiger partial charge in [-0.1, -0.05) is 0 Å². The van der Waals surface area contributed by atoms with E-state index in [2.05, 4.69) is 4.98 Å². The molecule has 4 heteroatoms. The second kappa shape index (κ2) is 4.93. The molecule has 0 spiro atoms. The van der Waals surface area contributed by atoms with Crippen LogP contribution in [0, 0.1) is 6.92 Å². The summed E-state index contributed by atoms with van der Waals surface area (Å²) >= 11 is 0. The summed E-state index contributed by atoms with van der Waals surface area (Å²) in [4.78, 5) is 4.23. The molecule has 0 radical (unpaired) electrons. The van der Waals surface area contributed by atoms with E-state index < -0.39 is 6.10 Å². The second-order valence-corrected chi connectivity index (χ2v) is 3.13. The van der Waals surface area contributed by atoms with Crippen molar-refractivity contribution >= 4 is 0 Å². The van der Waals surface area contributed by atoms with Gasteiger partial charge in [0.1, 0.15) is 17.5 Å². The van der Waals surface area contributed by atoms with E-state index in [4.69, 9.17) is 10.5 Å². The molecule has 1 aromatic rings. The first-order chi connectivity index (χ1) is 6.69. The van der Waals surface area contributed by atoms with Gasteiger partial charge in [-0.15, -0.1) is 0 Å². The number of pyridine rings is 1. The lowest BCUT2D eigenvalue weighted by atomic mass is 10.1. The van der Waals surface area contributed by atoms with Crippen LogP contribution in [0.2, 0.25) is 0 Å². The van der Waals surface area contributed by atoms with Crippen LogP contribution in [0.1, 0.15) is 23.9 Å². The van der Waals surface area contributed by atoms with Crippen molar-refractivity contribution in [2.45, 2.75) is 19.4 Å². The largest absolute Gasteiger partial charge is 0.495 e.